The van der Waals surface area contributed by atoms with Gasteiger partial charge in [0.25, 0.3) is 0 Å². The molecule has 2 aliphatic rings. The lowest BCUT2D eigenvalue weighted by Crippen LogP contribution is -2.47. The lowest BCUT2D eigenvalue weighted by atomic mass is 10.0. The Hall–Kier alpha value is -0.940. The summed E-state index contributed by atoms with van der Waals surface area (Å²) in [6.07, 6.45) is 2.43. The molecular formula is C11H19N3O2. The fourth-order valence-corrected chi connectivity index (χ4v) is 2.35. The number of amides is 2. The highest BCUT2D eigenvalue weighted by molar-refractivity contribution is 6.05. The average Bonchev–Trinajstić information content (AvgIpc) is 2.50. The van der Waals surface area contributed by atoms with Gasteiger partial charge in [0.1, 0.15) is 0 Å². The summed E-state index contributed by atoms with van der Waals surface area (Å²) in [5.74, 6) is -0.153. The van der Waals surface area contributed by atoms with Crippen LogP contribution in [0.5, 0.6) is 0 Å². The molecule has 0 spiro atoms. The van der Waals surface area contributed by atoms with E-state index in [2.05, 4.69) is 17.3 Å². The predicted molar refractivity (Wildman–Crippen MR) is 59.8 cm³/mol. The molecule has 1 atom stereocenters. The van der Waals surface area contributed by atoms with Crippen LogP contribution in [0.15, 0.2) is 0 Å². The van der Waals surface area contributed by atoms with E-state index in [9.17, 15) is 9.59 Å². The van der Waals surface area contributed by atoms with Gasteiger partial charge in [0.2, 0.25) is 11.8 Å². The topological polar surface area (TPSA) is 52.7 Å². The van der Waals surface area contributed by atoms with Crippen LogP contribution >= 0.6 is 0 Å². The standard InChI is InChI=1S/C11H19N3O2/c1-13-5-3-8(4-6-13)12-9-7-10(15)14(2)11(9)16/h8-9,12H,3-7H2,1-2H3. The van der Waals surface area contributed by atoms with E-state index in [1.807, 2.05) is 0 Å². The molecule has 16 heavy (non-hydrogen) atoms. The largest absolute Gasteiger partial charge is 0.306 e. The Labute approximate surface area is 95.8 Å². The predicted octanol–water partition coefficient (Wildman–Crippen LogP) is -0.572. The van der Waals surface area contributed by atoms with Gasteiger partial charge >= 0.3 is 0 Å². The Kier molecular flexibility index (Phi) is 3.25. The second-order valence-electron chi connectivity index (χ2n) is 4.79. The van der Waals surface area contributed by atoms with Gasteiger partial charge < -0.3 is 10.2 Å². The summed E-state index contributed by atoms with van der Waals surface area (Å²) in [5, 5.41) is 3.31. The fraction of sp³-hybridized carbons (Fsp3) is 0.818. The number of carbonyl (C=O) groups is 2. The van der Waals surface area contributed by atoms with E-state index >= 15 is 0 Å². The molecule has 0 aromatic heterocycles. The molecule has 0 radical (unpaired) electrons. The molecule has 2 saturated heterocycles. The number of imide groups is 1. The van der Waals surface area contributed by atoms with Crippen molar-refractivity contribution in [1.29, 1.82) is 0 Å². The molecule has 0 bridgehead atoms. The Morgan fingerprint density at radius 1 is 1.19 bits per heavy atom. The number of rotatable bonds is 2. The van der Waals surface area contributed by atoms with Crippen molar-refractivity contribution in [3.8, 4) is 0 Å². The van der Waals surface area contributed by atoms with Gasteiger partial charge in [0.15, 0.2) is 0 Å². The molecule has 2 heterocycles. The zero-order chi connectivity index (χ0) is 11.7. The van der Waals surface area contributed by atoms with Gasteiger partial charge in [-0.2, -0.15) is 0 Å². The van der Waals surface area contributed by atoms with E-state index in [1.165, 1.54) is 4.90 Å². The Morgan fingerprint density at radius 2 is 1.81 bits per heavy atom. The third-order valence-corrected chi connectivity index (χ3v) is 3.54. The third kappa shape index (κ3) is 2.25. The van der Waals surface area contributed by atoms with E-state index in [0.717, 1.165) is 25.9 Å². The van der Waals surface area contributed by atoms with Crippen molar-refractivity contribution >= 4 is 11.8 Å². The van der Waals surface area contributed by atoms with Gasteiger partial charge in [0, 0.05) is 13.1 Å². The third-order valence-electron chi connectivity index (χ3n) is 3.54. The van der Waals surface area contributed by atoms with E-state index in [-0.39, 0.29) is 17.9 Å². The Balaban J connectivity index is 1.86. The highest BCUT2D eigenvalue weighted by atomic mass is 16.2. The minimum atomic E-state index is -0.286. The number of nitrogens with one attached hydrogen (secondary N) is 1. The molecule has 2 amide bonds. The smallest absolute Gasteiger partial charge is 0.246 e. The van der Waals surface area contributed by atoms with Crippen LogP contribution < -0.4 is 5.32 Å². The quantitative estimate of drug-likeness (QED) is 0.639. The Morgan fingerprint density at radius 3 is 2.31 bits per heavy atom. The van der Waals surface area contributed by atoms with Gasteiger partial charge in [0.05, 0.1) is 12.5 Å². The second-order valence-corrected chi connectivity index (χ2v) is 4.79. The van der Waals surface area contributed by atoms with E-state index in [0.29, 0.717) is 12.5 Å². The lowest BCUT2D eigenvalue weighted by molar-refractivity contribution is -0.137. The van der Waals surface area contributed by atoms with E-state index < -0.39 is 0 Å². The maximum atomic E-state index is 11.7. The zero-order valence-corrected chi connectivity index (χ0v) is 9.90. The molecule has 0 saturated carbocycles. The molecule has 5 heteroatoms. The number of hydrogen-bond donors (Lipinski definition) is 1. The maximum absolute atomic E-state index is 11.7. The van der Waals surface area contributed by atoms with Crippen LogP contribution in [0.3, 0.4) is 0 Å². The number of piperidine rings is 1. The van der Waals surface area contributed by atoms with Crippen molar-refractivity contribution in [3.63, 3.8) is 0 Å². The number of carbonyl (C=O) groups excluding carboxylic acids is 2. The van der Waals surface area contributed by atoms with E-state index in [1.54, 1.807) is 7.05 Å². The highest BCUT2D eigenvalue weighted by Crippen LogP contribution is 2.15. The molecule has 0 aromatic carbocycles. The van der Waals surface area contributed by atoms with Crippen molar-refractivity contribution in [2.24, 2.45) is 0 Å². The average molecular weight is 225 g/mol. The summed E-state index contributed by atoms with van der Waals surface area (Å²) in [6.45, 7) is 2.12. The summed E-state index contributed by atoms with van der Waals surface area (Å²) in [4.78, 5) is 26.5. The summed E-state index contributed by atoms with van der Waals surface area (Å²) in [6, 6.07) is 0.0929. The summed E-state index contributed by atoms with van der Waals surface area (Å²) in [5.41, 5.74) is 0. The van der Waals surface area contributed by atoms with Gasteiger partial charge in [-0.3, -0.25) is 14.5 Å². The van der Waals surface area contributed by atoms with Crippen LogP contribution in [0.1, 0.15) is 19.3 Å². The summed E-state index contributed by atoms with van der Waals surface area (Å²) < 4.78 is 0. The molecular weight excluding hydrogens is 206 g/mol. The van der Waals surface area contributed by atoms with Crippen molar-refractivity contribution in [1.82, 2.24) is 15.1 Å². The van der Waals surface area contributed by atoms with Gasteiger partial charge in [-0.25, -0.2) is 0 Å². The molecule has 2 fully saturated rings. The minimum Gasteiger partial charge on any atom is -0.306 e. The number of likely N-dealkylation sites (N-methyl/N-ethyl adjacent to an activating group) is 1. The van der Waals surface area contributed by atoms with Crippen LogP contribution in [0.4, 0.5) is 0 Å². The molecule has 1 unspecified atom stereocenters. The lowest BCUT2D eigenvalue weighted by Gasteiger charge is -2.30. The molecule has 0 aromatic rings. The molecule has 1 N–H and O–H groups in total. The fourth-order valence-electron chi connectivity index (χ4n) is 2.35. The van der Waals surface area contributed by atoms with Crippen molar-refractivity contribution < 1.29 is 9.59 Å². The van der Waals surface area contributed by atoms with E-state index in [4.69, 9.17) is 0 Å². The zero-order valence-electron chi connectivity index (χ0n) is 9.90. The van der Waals surface area contributed by atoms with Gasteiger partial charge in [-0.15, -0.1) is 0 Å². The molecule has 2 aliphatic heterocycles. The minimum absolute atomic E-state index is 0.0737. The summed E-state index contributed by atoms with van der Waals surface area (Å²) >= 11 is 0. The maximum Gasteiger partial charge on any atom is 0.246 e. The molecule has 90 valence electrons. The first kappa shape index (κ1) is 11.5. The number of nitrogens with zero attached hydrogens (tertiary/aromatic N) is 2. The van der Waals surface area contributed by atoms with Crippen LogP contribution in [0, 0.1) is 0 Å². The first-order valence-electron chi connectivity index (χ1n) is 5.83. The number of likely N-dealkylation sites (tertiary alicyclic amines) is 2. The highest BCUT2D eigenvalue weighted by Gasteiger charge is 2.37. The number of hydrogen-bond acceptors (Lipinski definition) is 4. The van der Waals surface area contributed by atoms with Crippen LogP contribution in [0.25, 0.3) is 0 Å². The molecule has 2 rings (SSSR count). The van der Waals surface area contributed by atoms with Crippen LogP contribution in [-0.2, 0) is 9.59 Å². The van der Waals surface area contributed by atoms with Gasteiger partial charge in [-0.1, -0.05) is 0 Å². The second kappa shape index (κ2) is 4.51. The van der Waals surface area contributed by atoms with Crippen LogP contribution in [-0.4, -0.2) is 60.9 Å². The summed E-state index contributed by atoms with van der Waals surface area (Å²) in [7, 11) is 3.66. The SMILES string of the molecule is CN1CCC(NC2CC(=O)N(C)C2=O)CC1. The van der Waals surface area contributed by atoms with Crippen molar-refractivity contribution in [2.45, 2.75) is 31.3 Å². The molecule has 5 nitrogen and oxygen atoms in total. The van der Waals surface area contributed by atoms with Gasteiger partial charge in [-0.05, 0) is 33.0 Å². The van der Waals surface area contributed by atoms with Crippen LogP contribution in [0.2, 0.25) is 0 Å². The van der Waals surface area contributed by atoms with Crippen molar-refractivity contribution in [3.05, 3.63) is 0 Å². The first-order valence-corrected chi connectivity index (χ1v) is 5.83. The normalized spacial score (nSPS) is 29.1. The monoisotopic (exact) mass is 225 g/mol. The first-order chi connectivity index (χ1) is 7.58. The molecule has 0 aliphatic carbocycles. The van der Waals surface area contributed by atoms with Crippen molar-refractivity contribution in [2.75, 3.05) is 27.2 Å². The Bertz CT molecular complexity index is 298.